The second-order valence-electron chi connectivity index (χ2n) is 7.04. The molecule has 30 heavy (non-hydrogen) atoms. The van der Waals surface area contributed by atoms with E-state index in [-0.39, 0.29) is 24.2 Å². The molecule has 0 aliphatic rings. The van der Waals surface area contributed by atoms with Crippen molar-refractivity contribution < 1.29 is 14.3 Å². The third-order valence-electron chi connectivity index (χ3n) is 4.78. The van der Waals surface area contributed by atoms with Gasteiger partial charge in [-0.25, -0.2) is 4.79 Å². The molecule has 0 fully saturated rings. The average molecular weight is 430 g/mol. The van der Waals surface area contributed by atoms with Gasteiger partial charge >= 0.3 is 6.03 Å². The number of nitrogens with zero attached hydrogens (tertiary/aromatic N) is 1. The summed E-state index contributed by atoms with van der Waals surface area (Å²) in [6.45, 7) is 4.08. The van der Waals surface area contributed by atoms with E-state index in [0.29, 0.717) is 22.2 Å². The van der Waals surface area contributed by atoms with Crippen LogP contribution in [0, 0.1) is 0 Å². The number of rotatable bonds is 6. The highest BCUT2D eigenvalue weighted by Crippen LogP contribution is 2.36. The quantitative estimate of drug-likeness (QED) is 0.597. The highest BCUT2D eigenvalue weighted by Gasteiger charge is 2.21. The number of amides is 2. The Labute approximate surface area is 179 Å². The number of fused-ring (bicyclic) bond motifs is 1. The number of carbonyl (C=O) groups excluding carboxylic acids is 1. The predicted octanol–water partition coefficient (Wildman–Crippen LogP) is 4.64. The van der Waals surface area contributed by atoms with Crippen molar-refractivity contribution in [3.63, 3.8) is 0 Å². The number of ether oxygens (including phenoxy) is 2. The summed E-state index contributed by atoms with van der Waals surface area (Å²) in [5.41, 5.74) is 1.71. The molecule has 1 heterocycles. The van der Waals surface area contributed by atoms with Crippen LogP contribution in [-0.4, -0.2) is 36.2 Å². The number of methoxy groups -OCH3 is 2. The zero-order valence-corrected chi connectivity index (χ0v) is 18.0. The number of anilines is 1. The van der Waals surface area contributed by atoms with Crippen LogP contribution < -0.4 is 20.3 Å². The molecule has 0 unspecified atom stereocenters. The number of halogens is 1. The van der Waals surface area contributed by atoms with Gasteiger partial charge in [-0.1, -0.05) is 29.8 Å². The van der Waals surface area contributed by atoms with Crippen LogP contribution in [0.15, 0.2) is 47.3 Å². The average Bonchev–Trinajstić information content (AvgIpc) is 2.71. The lowest BCUT2D eigenvalue weighted by atomic mass is 10.1. The monoisotopic (exact) mass is 429 g/mol. The summed E-state index contributed by atoms with van der Waals surface area (Å²) in [6, 6.07) is 11.8. The van der Waals surface area contributed by atoms with Crippen molar-refractivity contribution in [3.8, 4) is 11.5 Å². The van der Waals surface area contributed by atoms with Crippen LogP contribution in [0.25, 0.3) is 10.9 Å². The Kier molecular flexibility index (Phi) is 6.52. The van der Waals surface area contributed by atoms with E-state index in [1.807, 2.05) is 38.1 Å². The standard InChI is InChI=1S/C22H24ClN3O4/c1-13(2)26(12-14-9-21(27)24-17-8-6-5-7-15(14)17)22(28)25-18-10-16(23)19(29-3)11-20(18)30-4/h5-11,13H,12H2,1-4H3,(H,24,27)(H,25,28). The van der Waals surface area contributed by atoms with Gasteiger partial charge in [0.25, 0.3) is 0 Å². The number of aromatic amines is 1. The summed E-state index contributed by atoms with van der Waals surface area (Å²) in [5, 5.41) is 4.10. The number of nitrogens with one attached hydrogen (secondary N) is 2. The van der Waals surface area contributed by atoms with Crippen molar-refractivity contribution in [1.29, 1.82) is 0 Å². The Morgan fingerprint density at radius 1 is 1.13 bits per heavy atom. The molecule has 0 radical (unpaired) electrons. The predicted molar refractivity (Wildman–Crippen MR) is 119 cm³/mol. The van der Waals surface area contributed by atoms with Crippen LogP contribution in [0.2, 0.25) is 5.02 Å². The van der Waals surface area contributed by atoms with Crippen LogP contribution >= 0.6 is 11.6 Å². The minimum absolute atomic E-state index is 0.122. The normalized spacial score (nSPS) is 10.9. The fourth-order valence-corrected chi connectivity index (χ4v) is 3.47. The Bertz CT molecular complexity index is 1130. The smallest absolute Gasteiger partial charge is 0.322 e. The van der Waals surface area contributed by atoms with Gasteiger partial charge in [-0.3, -0.25) is 4.79 Å². The first-order valence-electron chi connectivity index (χ1n) is 9.44. The van der Waals surface area contributed by atoms with Gasteiger partial charge in [-0.2, -0.15) is 0 Å². The largest absolute Gasteiger partial charge is 0.495 e. The molecular formula is C22H24ClN3O4. The number of hydrogen-bond donors (Lipinski definition) is 2. The number of para-hydroxylation sites is 1. The molecule has 0 saturated heterocycles. The maximum absolute atomic E-state index is 13.1. The van der Waals surface area contributed by atoms with E-state index < -0.39 is 0 Å². The third-order valence-corrected chi connectivity index (χ3v) is 5.07. The van der Waals surface area contributed by atoms with Gasteiger partial charge in [0.05, 0.1) is 24.9 Å². The van der Waals surface area contributed by atoms with Gasteiger partial charge in [0.1, 0.15) is 11.5 Å². The Balaban J connectivity index is 1.92. The number of H-pyrrole nitrogens is 1. The number of carbonyl (C=O) groups is 1. The fraction of sp³-hybridized carbons (Fsp3) is 0.273. The van der Waals surface area contributed by atoms with Gasteiger partial charge in [0.15, 0.2) is 0 Å². The highest BCUT2D eigenvalue weighted by molar-refractivity contribution is 6.32. The zero-order chi connectivity index (χ0) is 21.8. The number of pyridine rings is 1. The molecular weight excluding hydrogens is 406 g/mol. The van der Waals surface area contributed by atoms with E-state index in [4.69, 9.17) is 21.1 Å². The molecule has 158 valence electrons. The summed E-state index contributed by atoms with van der Waals surface area (Å²) >= 11 is 6.21. The molecule has 7 nitrogen and oxygen atoms in total. The Morgan fingerprint density at radius 3 is 2.50 bits per heavy atom. The minimum Gasteiger partial charge on any atom is -0.495 e. The first-order chi connectivity index (χ1) is 14.3. The molecule has 2 aromatic carbocycles. The Hall–Kier alpha value is -3.19. The molecule has 0 bridgehead atoms. The molecule has 3 rings (SSSR count). The van der Waals surface area contributed by atoms with E-state index in [1.165, 1.54) is 20.3 Å². The maximum atomic E-state index is 13.1. The second kappa shape index (κ2) is 9.09. The van der Waals surface area contributed by atoms with Crippen LogP contribution in [0.3, 0.4) is 0 Å². The van der Waals surface area contributed by atoms with Gasteiger partial charge in [0.2, 0.25) is 5.56 Å². The summed E-state index contributed by atoms with van der Waals surface area (Å²) < 4.78 is 10.6. The summed E-state index contributed by atoms with van der Waals surface area (Å²) in [4.78, 5) is 29.6. The molecule has 0 spiro atoms. The summed E-state index contributed by atoms with van der Waals surface area (Å²) in [7, 11) is 3.01. The SMILES string of the molecule is COc1cc(OC)c(NC(=O)N(Cc2cc(=O)[nH]c3ccccc23)C(C)C)cc1Cl. The van der Waals surface area contributed by atoms with Crippen LogP contribution in [0.1, 0.15) is 19.4 Å². The van der Waals surface area contributed by atoms with Crippen molar-refractivity contribution in [3.05, 3.63) is 63.4 Å². The van der Waals surface area contributed by atoms with Gasteiger partial charge in [-0.05, 0) is 31.5 Å². The molecule has 1 aromatic heterocycles. The topological polar surface area (TPSA) is 83.7 Å². The maximum Gasteiger partial charge on any atom is 0.322 e. The number of aromatic nitrogens is 1. The van der Waals surface area contributed by atoms with Crippen molar-refractivity contribution in [2.24, 2.45) is 0 Å². The lowest BCUT2D eigenvalue weighted by molar-refractivity contribution is 0.194. The van der Waals surface area contributed by atoms with E-state index >= 15 is 0 Å². The molecule has 0 aliphatic heterocycles. The highest BCUT2D eigenvalue weighted by atomic mass is 35.5. The van der Waals surface area contributed by atoms with Crippen molar-refractivity contribution >= 4 is 34.2 Å². The van der Waals surface area contributed by atoms with Crippen LogP contribution in [0.5, 0.6) is 11.5 Å². The number of benzene rings is 2. The molecule has 8 heteroatoms. The van der Waals surface area contributed by atoms with E-state index in [2.05, 4.69) is 10.3 Å². The third kappa shape index (κ3) is 4.52. The Morgan fingerprint density at radius 2 is 1.83 bits per heavy atom. The van der Waals surface area contributed by atoms with Gasteiger partial charge in [-0.15, -0.1) is 0 Å². The van der Waals surface area contributed by atoms with Crippen LogP contribution in [-0.2, 0) is 6.54 Å². The number of hydrogen-bond acceptors (Lipinski definition) is 4. The first-order valence-corrected chi connectivity index (χ1v) is 9.82. The second-order valence-corrected chi connectivity index (χ2v) is 7.45. The molecule has 0 saturated carbocycles. The lowest BCUT2D eigenvalue weighted by Crippen LogP contribution is -2.39. The van der Waals surface area contributed by atoms with E-state index in [9.17, 15) is 9.59 Å². The molecule has 2 amide bonds. The molecule has 2 N–H and O–H groups in total. The van der Waals surface area contributed by atoms with Crippen LogP contribution in [0.4, 0.5) is 10.5 Å². The fourth-order valence-electron chi connectivity index (χ4n) is 3.22. The summed E-state index contributed by atoms with van der Waals surface area (Å²) in [5.74, 6) is 0.872. The van der Waals surface area contributed by atoms with Gasteiger partial charge in [0, 0.05) is 35.6 Å². The van der Waals surface area contributed by atoms with Crippen molar-refractivity contribution in [2.45, 2.75) is 26.4 Å². The number of urea groups is 1. The molecule has 0 atom stereocenters. The minimum atomic E-state index is -0.339. The first kappa shape index (κ1) is 21.5. The lowest BCUT2D eigenvalue weighted by Gasteiger charge is -2.28. The van der Waals surface area contributed by atoms with Crippen molar-refractivity contribution in [1.82, 2.24) is 9.88 Å². The molecule has 0 aliphatic carbocycles. The van der Waals surface area contributed by atoms with Crippen molar-refractivity contribution in [2.75, 3.05) is 19.5 Å². The zero-order valence-electron chi connectivity index (χ0n) is 17.3. The van der Waals surface area contributed by atoms with E-state index in [1.54, 1.807) is 17.0 Å². The summed E-state index contributed by atoms with van der Waals surface area (Å²) in [6.07, 6.45) is 0. The molecule has 3 aromatic rings. The van der Waals surface area contributed by atoms with E-state index in [0.717, 1.165) is 16.5 Å². The van der Waals surface area contributed by atoms with Gasteiger partial charge < -0.3 is 24.7 Å².